The summed E-state index contributed by atoms with van der Waals surface area (Å²) in [6, 6.07) is 10.1. The fraction of sp³-hybridized carbons (Fsp3) is 0.600. The number of fused-ring (bicyclic) bond motifs is 1. The van der Waals surface area contributed by atoms with E-state index in [4.69, 9.17) is 0 Å². The van der Waals surface area contributed by atoms with Gasteiger partial charge < -0.3 is 5.32 Å². The molecule has 0 aliphatic heterocycles. The summed E-state index contributed by atoms with van der Waals surface area (Å²) >= 11 is 0. The largest absolute Gasteiger partial charge is 0.307 e. The van der Waals surface area contributed by atoms with Crippen molar-refractivity contribution in [3.8, 4) is 0 Å². The van der Waals surface area contributed by atoms with Gasteiger partial charge in [-0.2, -0.15) is 0 Å². The lowest BCUT2D eigenvalue weighted by Crippen LogP contribution is -2.35. The summed E-state index contributed by atoms with van der Waals surface area (Å²) < 4.78 is 0. The minimum absolute atomic E-state index is 0.587. The highest BCUT2D eigenvalue weighted by atomic mass is 15.0. The fourth-order valence-corrected chi connectivity index (χ4v) is 2.77. The van der Waals surface area contributed by atoms with Gasteiger partial charge in [-0.25, -0.2) is 0 Å². The van der Waals surface area contributed by atoms with E-state index in [1.54, 1.807) is 5.56 Å². The Morgan fingerprint density at radius 3 is 2.75 bits per heavy atom. The highest BCUT2D eigenvalue weighted by Gasteiger charge is 2.24. The van der Waals surface area contributed by atoms with Crippen molar-refractivity contribution in [1.29, 1.82) is 0 Å². The molecule has 2 atom stereocenters. The lowest BCUT2D eigenvalue weighted by molar-refractivity contribution is 0.344. The third-order valence-corrected chi connectivity index (χ3v) is 3.79. The summed E-state index contributed by atoms with van der Waals surface area (Å²) in [5.41, 5.74) is 3.07. The van der Waals surface area contributed by atoms with Crippen LogP contribution in [-0.4, -0.2) is 6.04 Å². The predicted molar refractivity (Wildman–Crippen MR) is 69.6 cm³/mol. The molecule has 0 saturated carbocycles. The van der Waals surface area contributed by atoms with Crippen molar-refractivity contribution in [1.82, 2.24) is 5.32 Å². The van der Waals surface area contributed by atoms with Gasteiger partial charge in [-0.3, -0.25) is 0 Å². The lowest BCUT2D eigenvalue weighted by Gasteiger charge is -2.25. The van der Waals surface area contributed by atoms with Gasteiger partial charge in [-0.15, -0.1) is 0 Å². The maximum Gasteiger partial charge on any atom is 0.0328 e. The van der Waals surface area contributed by atoms with E-state index in [0.29, 0.717) is 12.1 Å². The second-order valence-electron chi connectivity index (χ2n) is 5.22. The number of rotatable bonds is 4. The molecule has 1 nitrogen and oxygen atoms in total. The second kappa shape index (κ2) is 5.01. The Balaban J connectivity index is 2.08. The molecule has 1 aliphatic carbocycles. The van der Waals surface area contributed by atoms with Crippen LogP contribution in [0.3, 0.4) is 0 Å². The zero-order valence-corrected chi connectivity index (χ0v) is 10.7. The van der Waals surface area contributed by atoms with E-state index in [9.17, 15) is 0 Å². The van der Waals surface area contributed by atoms with E-state index in [1.807, 2.05) is 0 Å². The molecule has 1 N–H and O–H groups in total. The number of hydrogen-bond donors (Lipinski definition) is 1. The van der Waals surface area contributed by atoms with Gasteiger partial charge in [0.25, 0.3) is 0 Å². The van der Waals surface area contributed by atoms with Crippen LogP contribution in [0, 0.1) is 5.92 Å². The Morgan fingerprint density at radius 1 is 1.31 bits per heavy atom. The van der Waals surface area contributed by atoms with Crippen molar-refractivity contribution in [2.75, 3.05) is 0 Å². The zero-order chi connectivity index (χ0) is 11.5. The maximum atomic E-state index is 3.82. The molecule has 1 aliphatic rings. The smallest absolute Gasteiger partial charge is 0.0328 e. The average Bonchev–Trinajstić information content (AvgIpc) is 2.69. The van der Waals surface area contributed by atoms with E-state index in [-0.39, 0.29) is 0 Å². The molecule has 0 heterocycles. The van der Waals surface area contributed by atoms with Crippen molar-refractivity contribution in [2.45, 2.75) is 52.1 Å². The van der Waals surface area contributed by atoms with Gasteiger partial charge >= 0.3 is 0 Å². The molecule has 0 aromatic heterocycles. The molecule has 0 spiro atoms. The van der Waals surface area contributed by atoms with Crippen molar-refractivity contribution < 1.29 is 0 Å². The molecule has 0 radical (unpaired) electrons. The number of aryl methyl sites for hydroxylation is 1. The molecule has 0 saturated heterocycles. The van der Waals surface area contributed by atoms with Crippen LogP contribution >= 0.6 is 0 Å². The van der Waals surface area contributed by atoms with Crippen LogP contribution < -0.4 is 5.32 Å². The Morgan fingerprint density at radius 2 is 2.06 bits per heavy atom. The van der Waals surface area contributed by atoms with Gasteiger partial charge in [0.05, 0.1) is 0 Å². The van der Waals surface area contributed by atoms with Crippen LogP contribution in [0.4, 0.5) is 0 Å². The van der Waals surface area contributed by atoms with E-state index < -0.39 is 0 Å². The van der Waals surface area contributed by atoms with Crippen molar-refractivity contribution in [3.05, 3.63) is 35.4 Å². The van der Waals surface area contributed by atoms with E-state index in [1.165, 1.54) is 24.8 Å². The Labute approximate surface area is 99.3 Å². The monoisotopic (exact) mass is 217 g/mol. The summed E-state index contributed by atoms with van der Waals surface area (Å²) in [5.74, 6) is 0.720. The molecule has 88 valence electrons. The first-order valence-electron chi connectivity index (χ1n) is 6.56. The highest BCUT2D eigenvalue weighted by molar-refractivity contribution is 5.34. The fourth-order valence-electron chi connectivity index (χ4n) is 2.77. The van der Waals surface area contributed by atoms with Crippen LogP contribution in [0.5, 0.6) is 0 Å². The normalized spacial score (nSPS) is 21.1. The van der Waals surface area contributed by atoms with E-state index >= 15 is 0 Å². The molecule has 0 bridgehead atoms. The van der Waals surface area contributed by atoms with Gasteiger partial charge in [0, 0.05) is 12.1 Å². The molecule has 2 rings (SSSR count). The third kappa shape index (κ3) is 2.30. The van der Waals surface area contributed by atoms with Gasteiger partial charge in [-0.1, -0.05) is 45.0 Å². The molecule has 16 heavy (non-hydrogen) atoms. The standard InChI is InChI=1S/C15H23N/c1-4-14(11(2)3)16-15-10-9-12-7-5-6-8-13(12)15/h5-8,11,14-16H,4,9-10H2,1-3H3. The maximum absolute atomic E-state index is 3.82. The molecule has 0 amide bonds. The second-order valence-corrected chi connectivity index (χ2v) is 5.22. The zero-order valence-electron chi connectivity index (χ0n) is 10.7. The first kappa shape index (κ1) is 11.7. The van der Waals surface area contributed by atoms with Crippen LogP contribution in [0.15, 0.2) is 24.3 Å². The summed E-state index contributed by atoms with van der Waals surface area (Å²) in [7, 11) is 0. The molecular weight excluding hydrogens is 194 g/mol. The van der Waals surface area contributed by atoms with Crippen LogP contribution in [-0.2, 0) is 6.42 Å². The van der Waals surface area contributed by atoms with Crippen molar-refractivity contribution in [2.24, 2.45) is 5.92 Å². The lowest BCUT2D eigenvalue weighted by atomic mass is 9.99. The molecular formula is C15H23N. The number of benzene rings is 1. The summed E-state index contributed by atoms with van der Waals surface area (Å²) in [4.78, 5) is 0. The summed E-state index contributed by atoms with van der Waals surface area (Å²) in [6.07, 6.45) is 3.72. The minimum Gasteiger partial charge on any atom is -0.307 e. The molecule has 1 heteroatoms. The van der Waals surface area contributed by atoms with Crippen molar-refractivity contribution in [3.63, 3.8) is 0 Å². The van der Waals surface area contributed by atoms with Gasteiger partial charge in [-0.05, 0) is 36.3 Å². The highest BCUT2D eigenvalue weighted by Crippen LogP contribution is 2.31. The molecule has 2 unspecified atom stereocenters. The third-order valence-electron chi connectivity index (χ3n) is 3.79. The topological polar surface area (TPSA) is 12.0 Å². The van der Waals surface area contributed by atoms with E-state index in [2.05, 4.69) is 50.4 Å². The van der Waals surface area contributed by atoms with E-state index in [0.717, 1.165) is 5.92 Å². The first-order chi connectivity index (χ1) is 7.72. The Kier molecular flexibility index (Phi) is 3.65. The number of nitrogens with one attached hydrogen (secondary N) is 1. The van der Waals surface area contributed by atoms with Crippen LogP contribution in [0.25, 0.3) is 0 Å². The van der Waals surface area contributed by atoms with Crippen molar-refractivity contribution >= 4 is 0 Å². The van der Waals surface area contributed by atoms with Crippen LogP contribution in [0.1, 0.15) is 50.8 Å². The average molecular weight is 217 g/mol. The van der Waals surface area contributed by atoms with Crippen LogP contribution in [0.2, 0.25) is 0 Å². The minimum atomic E-state index is 0.587. The molecule has 1 aromatic carbocycles. The van der Waals surface area contributed by atoms with Gasteiger partial charge in [0.15, 0.2) is 0 Å². The Hall–Kier alpha value is -0.820. The molecule has 0 fully saturated rings. The predicted octanol–water partition coefficient (Wildman–Crippen LogP) is 3.70. The van der Waals surface area contributed by atoms with Gasteiger partial charge in [0.2, 0.25) is 0 Å². The van der Waals surface area contributed by atoms with Gasteiger partial charge in [0.1, 0.15) is 0 Å². The quantitative estimate of drug-likeness (QED) is 0.811. The molecule has 1 aromatic rings. The first-order valence-corrected chi connectivity index (χ1v) is 6.56. The summed E-state index contributed by atoms with van der Waals surface area (Å²) in [6.45, 7) is 6.89. The Bertz CT molecular complexity index is 343. The number of hydrogen-bond acceptors (Lipinski definition) is 1. The SMILES string of the molecule is CCC(NC1CCc2ccccc21)C(C)C. The summed E-state index contributed by atoms with van der Waals surface area (Å²) in [5, 5.41) is 3.82.